The highest BCUT2D eigenvalue weighted by atomic mass is 79.9. The molecule has 0 atom stereocenters. The maximum atomic E-state index is 12.7. The number of hydrogen-bond donors (Lipinski definition) is 1. The van der Waals surface area contributed by atoms with Gasteiger partial charge in [0.1, 0.15) is 5.82 Å². The van der Waals surface area contributed by atoms with Crippen molar-refractivity contribution < 1.29 is 8.42 Å². The van der Waals surface area contributed by atoms with Crippen molar-refractivity contribution in [3.63, 3.8) is 0 Å². The monoisotopic (exact) mass is 468 g/mol. The summed E-state index contributed by atoms with van der Waals surface area (Å²) in [7, 11) is -3.52. The summed E-state index contributed by atoms with van der Waals surface area (Å²) in [5.41, 5.74) is 4.75. The zero-order valence-corrected chi connectivity index (χ0v) is 18.6. The summed E-state index contributed by atoms with van der Waals surface area (Å²) in [6, 6.07) is 23.7. The molecule has 4 nitrogen and oxygen atoms in total. The number of rotatable bonds is 5. The molecular weight excluding hydrogens is 448 g/mol. The van der Waals surface area contributed by atoms with Gasteiger partial charge in [0.05, 0.1) is 11.8 Å². The number of fused-ring (bicyclic) bond motifs is 1. The molecule has 0 bridgehead atoms. The van der Waals surface area contributed by atoms with Crippen LogP contribution in [0, 0.1) is 6.92 Å². The molecule has 4 rings (SSSR count). The van der Waals surface area contributed by atoms with Gasteiger partial charge < -0.3 is 5.32 Å². The normalized spacial score (nSPS) is 11.7. The van der Waals surface area contributed by atoms with Crippen LogP contribution in [0.4, 0.5) is 5.82 Å². The second-order valence-electron chi connectivity index (χ2n) is 7.12. The fraction of sp³-hybridized carbons (Fsp3) is 0.130. The van der Waals surface area contributed by atoms with E-state index in [0.717, 1.165) is 32.1 Å². The van der Waals surface area contributed by atoms with Crippen LogP contribution in [0.15, 0.2) is 77.3 Å². The van der Waals surface area contributed by atoms with E-state index in [4.69, 9.17) is 0 Å². The van der Waals surface area contributed by atoms with E-state index >= 15 is 0 Å². The first-order valence-electron chi connectivity index (χ1n) is 9.24. The van der Waals surface area contributed by atoms with Gasteiger partial charge in [-0.1, -0.05) is 76.1 Å². The summed E-state index contributed by atoms with van der Waals surface area (Å²) in [5, 5.41) is 4.30. The van der Waals surface area contributed by atoms with Crippen LogP contribution in [-0.2, 0) is 16.6 Å². The lowest BCUT2D eigenvalue weighted by molar-refractivity contribution is 0.595. The quantitative estimate of drug-likeness (QED) is 0.402. The maximum Gasteiger partial charge on any atom is 0.237 e. The van der Waals surface area contributed by atoms with E-state index in [1.807, 2.05) is 79.7 Å². The van der Waals surface area contributed by atoms with E-state index in [0.29, 0.717) is 17.9 Å². The summed E-state index contributed by atoms with van der Waals surface area (Å²) in [6.45, 7) is 2.54. The van der Waals surface area contributed by atoms with Gasteiger partial charge in [-0.3, -0.25) is 0 Å². The molecular formula is C23H21BrN2O2S. The van der Waals surface area contributed by atoms with Crippen molar-refractivity contribution in [3.8, 4) is 11.1 Å². The second-order valence-corrected chi connectivity index (χ2v) is 9.86. The Balaban J connectivity index is 1.94. The zero-order valence-electron chi connectivity index (χ0n) is 16.2. The van der Waals surface area contributed by atoms with Crippen molar-refractivity contribution in [2.24, 2.45) is 0 Å². The van der Waals surface area contributed by atoms with Gasteiger partial charge in [0.25, 0.3) is 0 Å². The molecule has 0 fully saturated rings. The van der Waals surface area contributed by atoms with Gasteiger partial charge in [0, 0.05) is 22.0 Å². The number of nitrogens with one attached hydrogen (secondary N) is 1. The highest BCUT2D eigenvalue weighted by Crippen LogP contribution is 2.39. The Bertz CT molecular complexity index is 1290. The highest BCUT2D eigenvalue weighted by molar-refractivity contribution is 9.10. The van der Waals surface area contributed by atoms with Crippen molar-refractivity contribution in [3.05, 3.63) is 88.4 Å². The van der Waals surface area contributed by atoms with Crippen LogP contribution in [0.5, 0.6) is 0 Å². The molecule has 0 aliphatic rings. The number of hydrogen-bond acceptors (Lipinski definition) is 3. The molecule has 0 aliphatic carbocycles. The SMILES string of the molecule is Cc1ccc(-c2c(NCc3cccc(Br)c3)n(S(C)(=O)=O)c3ccccc23)cc1. The van der Waals surface area contributed by atoms with Crippen LogP contribution in [0.3, 0.4) is 0 Å². The molecule has 0 unspecified atom stereocenters. The third-order valence-corrected chi connectivity index (χ3v) is 6.39. The van der Waals surface area contributed by atoms with Gasteiger partial charge in [-0.25, -0.2) is 12.4 Å². The van der Waals surface area contributed by atoms with Crippen molar-refractivity contribution in [2.45, 2.75) is 13.5 Å². The number of benzene rings is 3. The summed E-state index contributed by atoms with van der Waals surface area (Å²) < 4.78 is 27.9. The van der Waals surface area contributed by atoms with Crippen LogP contribution in [0.1, 0.15) is 11.1 Å². The largest absolute Gasteiger partial charge is 0.366 e. The maximum absolute atomic E-state index is 12.7. The minimum atomic E-state index is -3.52. The average molecular weight is 469 g/mol. The molecule has 1 heterocycles. The molecule has 0 radical (unpaired) electrons. The lowest BCUT2D eigenvalue weighted by Crippen LogP contribution is -2.14. The van der Waals surface area contributed by atoms with E-state index in [9.17, 15) is 8.42 Å². The summed E-state index contributed by atoms with van der Waals surface area (Å²) in [4.78, 5) is 0. The van der Waals surface area contributed by atoms with Crippen LogP contribution >= 0.6 is 15.9 Å². The standard InChI is InChI=1S/C23H21BrN2O2S/c1-16-10-12-18(13-11-16)22-20-8-3-4-9-21(20)26(29(2,27)28)23(22)25-15-17-6-5-7-19(24)14-17/h3-14,25H,15H2,1-2H3. The molecule has 0 saturated carbocycles. The number of nitrogens with zero attached hydrogens (tertiary/aromatic N) is 1. The summed E-state index contributed by atoms with van der Waals surface area (Å²) in [6.07, 6.45) is 1.24. The molecule has 3 aromatic carbocycles. The number of halogens is 1. The van der Waals surface area contributed by atoms with Crippen molar-refractivity contribution in [1.29, 1.82) is 0 Å². The van der Waals surface area contributed by atoms with Gasteiger partial charge in [0.2, 0.25) is 10.0 Å². The van der Waals surface area contributed by atoms with E-state index in [-0.39, 0.29) is 0 Å². The first-order chi connectivity index (χ1) is 13.8. The fourth-order valence-electron chi connectivity index (χ4n) is 3.56. The predicted octanol–water partition coefficient (Wildman–Crippen LogP) is 5.80. The highest BCUT2D eigenvalue weighted by Gasteiger charge is 2.23. The first-order valence-corrected chi connectivity index (χ1v) is 11.9. The van der Waals surface area contributed by atoms with Gasteiger partial charge in [-0.05, 0) is 36.2 Å². The first kappa shape index (κ1) is 19.7. The van der Waals surface area contributed by atoms with Crippen LogP contribution in [0.25, 0.3) is 22.0 Å². The van der Waals surface area contributed by atoms with Crippen LogP contribution in [0.2, 0.25) is 0 Å². The van der Waals surface area contributed by atoms with Gasteiger partial charge >= 0.3 is 0 Å². The Kier molecular flexibility index (Phi) is 5.23. The van der Waals surface area contributed by atoms with Gasteiger partial charge in [-0.15, -0.1) is 0 Å². The topological polar surface area (TPSA) is 51.1 Å². The second kappa shape index (κ2) is 7.69. The molecule has 0 aliphatic heterocycles. The summed E-state index contributed by atoms with van der Waals surface area (Å²) in [5.74, 6) is 0.581. The van der Waals surface area contributed by atoms with E-state index < -0.39 is 10.0 Å². The Labute approximate surface area is 179 Å². The van der Waals surface area contributed by atoms with Crippen LogP contribution in [-0.4, -0.2) is 18.6 Å². The molecule has 0 spiro atoms. The average Bonchev–Trinajstić information content (AvgIpc) is 3.01. The molecule has 148 valence electrons. The Morgan fingerprint density at radius 1 is 0.966 bits per heavy atom. The van der Waals surface area contributed by atoms with E-state index in [1.165, 1.54) is 10.2 Å². The Morgan fingerprint density at radius 3 is 2.38 bits per heavy atom. The summed E-state index contributed by atoms with van der Waals surface area (Å²) >= 11 is 3.49. The smallest absolute Gasteiger partial charge is 0.237 e. The molecule has 1 N–H and O–H groups in total. The fourth-order valence-corrected chi connectivity index (χ4v) is 5.01. The number of anilines is 1. The van der Waals surface area contributed by atoms with Crippen molar-refractivity contribution in [2.75, 3.05) is 11.6 Å². The third kappa shape index (κ3) is 3.95. The van der Waals surface area contributed by atoms with Crippen molar-refractivity contribution in [1.82, 2.24) is 3.97 Å². The minimum Gasteiger partial charge on any atom is -0.366 e. The predicted molar refractivity (Wildman–Crippen MR) is 124 cm³/mol. The minimum absolute atomic E-state index is 0.504. The Hall–Kier alpha value is -2.57. The van der Waals surface area contributed by atoms with Gasteiger partial charge in [0.15, 0.2) is 0 Å². The van der Waals surface area contributed by atoms with E-state index in [2.05, 4.69) is 21.2 Å². The number of para-hydroxylation sites is 1. The van der Waals surface area contributed by atoms with Crippen LogP contribution < -0.4 is 5.32 Å². The Morgan fingerprint density at radius 2 is 1.69 bits per heavy atom. The molecule has 1 aromatic heterocycles. The third-order valence-electron chi connectivity index (χ3n) is 4.85. The molecule has 0 amide bonds. The lowest BCUT2D eigenvalue weighted by atomic mass is 10.0. The van der Waals surface area contributed by atoms with Crippen molar-refractivity contribution >= 4 is 42.7 Å². The van der Waals surface area contributed by atoms with E-state index in [1.54, 1.807) is 0 Å². The zero-order chi connectivity index (χ0) is 20.6. The van der Waals surface area contributed by atoms with Gasteiger partial charge in [-0.2, -0.15) is 0 Å². The molecule has 6 heteroatoms. The molecule has 0 saturated heterocycles. The molecule has 29 heavy (non-hydrogen) atoms. The molecule has 4 aromatic rings. The lowest BCUT2D eigenvalue weighted by Gasteiger charge is -2.13. The number of aromatic nitrogens is 1. The number of aryl methyl sites for hydroxylation is 1.